The highest BCUT2D eigenvalue weighted by atomic mass is 32.2. The molecule has 0 aliphatic carbocycles. The maximum atomic E-state index is 12.6. The summed E-state index contributed by atoms with van der Waals surface area (Å²) in [6.45, 7) is 3.32. The molecule has 1 fully saturated rings. The van der Waals surface area contributed by atoms with Gasteiger partial charge in [0.2, 0.25) is 10.0 Å². The highest BCUT2D eigenvalue weighted by Crippen LogP contribution is 2.27. The molecule has 4 nitrogen and oxygen atoms in total. The van der Waals surface area contributed by atoms with Crippen molar-refractivity contribution in [2.75, 3.05) is 13.1 Å². The lowest BCUT2D eigenvalue weighted by molar-refractivity contribution is 0.285. The molecule has 20 heavy (non-hydrogen) atoms. The lowest BCUT2D eigenvalue weighted by Gasteiger charge is -2.19. The Kier molecular flexibility index (Phi) is 5.60. The highest BCUT2D eigenvalue weighted by molar-refractivity contribution is 7.89. The number of rotatable bonds is 5. The minimum atomic E-state index is -3.38. The molecular weight excluding hydrogens is 294 g/mol. The molecular formula is C14H23NO3S2. The van der Waals surface area contributed by atoms with Gasteiger partial charge in [0, 0.05) is 23.3 Å². The van der Waals surface area contributed by atoms with Gasteiger partial charge in [0.25, 0.3) is 0 Å². The summed E-state index contributed by atoms with van der Waals surface area (Å²) >= 11 is 1.30. The summed E-state index contributed by atoms with van der Waals surface area (Å²) in [5, 5.41) is 10.7. The number of nitrogens with zero attached hydrogens (tertiary/aromatic N) is 1. The van der Waals surface area contributed by atoms with Crippen molar-refractivity contribution in [2.45, 2.75) is 50.5 Å². The summed E-state index contributed by atoms with van der Waals surface area (Å²) in [5.41, 5.74) is 0. The van der Waals surface area contributed by atoms with Crippen LogP contribution in [0.1, 0.15) is 43.9 Å². The first-order valence-electron chi connectivity index (χ1n) is 7.26. The first kappa shape index (κ1) is 15.9. The lowest BCUT2D eigenvalue weighted by Crippen LogP contribution is -2.31. The normalized spacial score (nSPS) is 21.8. The van der Waals surface area contributed by atoms with Crippen molar-refractivity contribution in [3.8, 4) is 0 Å². The fraction of sp³-hybridized carbons (Fsp3) is 0.714. The Morgan fingerprint density at radius 1 is 1.40 bits per heavy atom. The summed E-state index contributed by atoms with van der Waals surface area (Å²) in [6, 6.07) is 1.59. The van der Waals surface area contributed by atoms with Crippen LogP contribution in [0, 0.1) is 5.92 Å². The Hall–Kier alpha value is -0.430. The van der Waals surface area contributed by atoms with Gasteiger partial charge in [-0.05, 0) is 31.2 Å². The van der Waals surface area contributed by atoms with Crippen LogP contribution in [0.3, 0.4) is 0 Å². The van der Waals surface area contributed by atoms with Gasteiger partial charge >= 0.3 is 0 Å². The van der Waals surface area contributed by atoms with Crippen molar-refractivity contribution in [2.24, 2.45) is 5.92 Å². The Balaban J connectivity index is 2.09. The second-order valence-electron chi connectivity index (χ2n) is 5.40. The van der Waals surface area contributed by atoms with Crippen LogP contribution >= 0.6 is 11.3 Å². The van der Waals surface area contributed by atoms with Crippen LogP contribution in [0.4, 0.5) is 0 Å². The zero-order valence-electron chi connectivity index (χ0n) is 11.9. The molecule has 114 valence electrons. The predicted octanol–water partition coefficient (Wildman–Crippen LogP) is 2.83. The second kappa shape index (κ2) is 7.02. The minimum absolute atomic E-state index is 0.0985. The maximum absolute atomic E-state index is 12.6. The van der Waals surface area contributed by atoms with Gasteiger partial charge in [-0.25, -0.2) is 8.42 Å². The zero-order chi connectivity index (χ0) is 14.6. The SMILES string of the molecule is CCCC1CCCN(S(=O)(=O)c2csc(CO)c2)CC1. The van der Waals surface area contributed by atoms with Crippen LogP contribution in [-0.4, -0.2) is 30.9 Å². The van der Waals surface area contributed by atoms with Gasteiger partial charge in [0.15, 0.2) is 0 Å². The average molecular weight is 317 g/mol. The molecule has 0 radical (unpaired) electrons. The molecule has 1 aliphatic heterocycles. The third-order valence-corrected chi connectivity index (χ3v) is 6.87. The molecule has 0 aromatic carbocycles. The summed E-state index contributed by atoms with van der Waals surface area (Å²) in [6.07, 6.45) is 5.40. The Morgan fingerprint density at radius 2 is 2.20 bits per heavy atom. The first-order valence-corrected chi connectivity index (χ1v) is 9.58. The largest absolute Gasteiger partial charge is 0.391 e. The quantitative estimate of drug-likeness (QED) is 0.908. The van der Waals surface area contributed by atoms with Crippen molar-refractivity contribution < 1.29 is 13.5 Å². The van der Waals surface area contributed by atoms with Crippen molar-refractivity contribution in [3.05, 3.63) is 16.3 Å². The number of aliphatic hydroxyl groups excluding tert-OH is 1. The standard InChI is InChI=1S/C14H23NO3S2/c1-2-4-12-5-3-7-15(8-6-12)20(17,18)14-9-13(10-16)19-11-14/h9,11-12,16H,2-8,10H2,1H3. The molecule has 1 unspecified atom stereocenters. The van der Waals surface area contributed by atoms with Crippen molar-refractivity contribution in [1.29, 1.82) is 0 Å². The molecule has 0 amide bonds. The molecule has 1 atom stereocenters. The van der Waals surface area contributed by atoms with E-state index in [4.69, 9.17) is 5.11 Å². The van der Waals surface area contributed by atoms with Gasteiger partial charge < -0.3 is 5.11 Å². The topological polar surface area (TPSA) is 57.6 Å². The Morgan fingerprint density at radius 3 is 2.85 bits per heavy atom. The van der Waals surface area contributed by atoms with Crippen LogP contribution in [0.25, 0.3) is 0 Å². The lowest BCUT2D eigenvalue weighted by atomic mass is 9.96. The van der Waals surface area contributed by atoms with E-state index in [-0.39, 0.29) is 6.61 Å². The van der Waals surface area contributed by atoms with Gasteiger partial charge in [-0.2, -0.15) is 4.31 Å². The monoisotopic (exact) mass is 317 g/mol. The Bertz CT molecular complexity index is 524. The van der Waals surface area contributed by atoms with E-state index in [1.54, 1.807) is 15.8 Å². The molecule has 1 aromatic rings. The third kappa shape index (κ3) is 3.61. The molecule has 0 bridgehead atoms. The van der Waals surface area contributed by atoms with Crippen molar-refractivity contribution in [3.63, 3.8) is 0 Å². The average Bonchev–Trinajstić information content (AvgIpc) is 2.80. The van der Waals surface area contributed by atoms with Crippen LogP contribution in [0.2, 0.25) is 0 Å². The fourth-order valence-corrected chi connectivity index (χ4v) is 5.42. The number of sulfonamides is 1. The van der Waals surface area contributed by atoms with Gasteiger partial charge in [-0.3, -0.25) is 0 Å². The van der Waals surface area contributed by atoms with E-state index in [0.29, 0.717) is 28.8 Å². The smallest absolute Gasteiger partial charge is 0.243 e. The summed E-state index contributed by atoms with van der Waals surface area (Å²) in [7, 11) is -3.38. The highest BCUT2D eigenvalue weighted by Gasteiger charge is 2.28. The second-order valence-corrected chi connectivity index (χ2v) is 8.33. The number of aliphatic hydroxyl groups is 1. The molecule has 1 aromatic heterocycles. The van der Waals surface area contributed by atoms with Crippen LogP contribution < -0.4 is 0 Å². The van der Waals surface area contributed by atoms with E-state index in [1.807, 2.05) is 0 Å². The maximum Gasteiger partial charge on any atom is 0.243 e. The van der Waals surface area contributed by atoms with E-state index in [1.165, 1.54) is 24.2 Å². The fourth-order valence-electron chi connectivity index (χ4n) is 2.80. The summed E-state index contributed by atoms with van der Waals surface area (Å²) < 4.78 is 26.8. The molecule has 2 heterocycles. The van der Waals surface area contributed by atoms with Crippen LogP contribution in [-0.2, 0) is 16.6 Å². The Labute approximate surface area is 125 Å². The van der Waals surface area contributed by atoms with E-state index in [0.717, 1.165) is 19.3 Å². The molecule has 1 saturated heterocycles. The van der Waals surface area contributed by atoms with Crippen LogP contribution in [0.5, 0.6) is 0 Å². The third-order valence-electron chi connectivity index (χ3n) is 3.93. The van der Waals surface area contributed by atoms with Gasteiger partial charge in [-0.15, -0.1) is 11.3 Å². The first-order chi connectivity index (χ1) is 9.57. The molecule has 6 heteroatoms. The molecule has 0 spiro atoms. The molecule has 2 rings (SSSR count). The van der Waals surface area contributed by atoms with Crippen LogP contribution in [0.15, 0.2) is 16.3 Å². The summed E-state index contributed by atoms with van der Waals surface area (Å²) in [4.78, 5) is 1.03. The van der Waals surface area contributed by atoms with E-state index in [9.17, 15) is 8.42 Å². The van der Waals surface area contributed by atoms with E-state index in [2.05, 4.69) is 6.92 Å². The van der Waals surface area contributed by atoms with Gasteiger partial charge in [0.05, 0.1) is 11.5 Å². The van der Waals surface area contributed by atoms with Gasteiger partial charge in [0.1, 0.15) is 0 Å². The van der Waals surface area contributed by atoms with E-state index >= 15 is 0 Å². The molecule has 1 N–H and O–H groups in total. The minimum Gasteiger partial charge on any atom is -0.391 e. The van der Waals surface area contributed by atoms with Crippen molar-refractivity contribution in [1.82, 2.24) is 4.31 Å². The molecule has 1 aliphatic rings. The zero-order valence-corrected chi connectivity index (χ0v) is 13.5. The van der Waals surface area contributed by atoms with Crippen molar-refractivity contribution >= 4 is 21.4 Å². The van der Waals surface area contributed by atoms with E-state index < -0.39 is 10.0 Å². The predicted molar refractivity (Wildman–Crippen MR) is 81.2 cm³/mol. The summed E-state index contributed by atoms with van der Waals surface area (Å²) in [5.74, 6) is 0.663. The van der Waals surface area contributed by atoms with Gasteiger partial charge in [-0.1, -0.05) is 19.8 Å². The number of thiophene rings is 1. The number of hydrogen-bond donors (Lipinski definition) is 1. The molecule has 0 saturated carbocycles. The number of hydrogen-bond acceptors (Lipinski definition) is 4.